The molecule has 0 saturated heterocycles. The lowest BCUT2D eigenvalue weighted by molar-refractivity contribution is 0.620. The van der Waals surface area contributed by atoms with E-state index in [2.05, 4.69) is 115 Å². The van der Waals surface area contributed by atoms with Gasteiger partial charge in [-0.25, -0.2) is 0 Å². The van der Waals surface area contributed by atoms with Gasteiger partial charge in [0.2, 0.25) is 0 Å². The summed E-state index contributed by atoms with van der Waals surface area (Å²) in [7, 11) is 0. The van der Waals surface area contributed by atoms with Crippen molar-refractivity contribution >= 4 is 43.3 Å². The topological polar surface area (TPSA) is 13.1 Å². The van der Waals surface area contributed by atoms with Crippen LogP contribution in [0.1, 0.15) is 0 Å². The van der Waals surface area contributed by atoms with Crippen LogP contribution in [0.25, 0.3) is 65.5 Å². The van der Waals surface area contributed by atoms with Crippen molar-refractivity contribution in [2.45, 2.75) is 0 Å². The van der Waals surface area contributed by atoms with E-state index in [9.17, 15) is 0 Å². The molecule has 1 aromatic heterocycles. The Hall–Kier alpha value is -4.36. The van der Waals surface area contributed by atoms with Crippen molar-refractivity contribution < 1.29 is 4.42 Å². The summed E-state index contributed by atoms with van der Waals surface area (Å²) in [5.41, 5.74) is 5.72. The standard InChI is InChI=1S/C32H20O/c1-3-11-23-21(8-1)10-7-15-25(23)26-13-5-6-14-27(26)31-20-33-32-29-17-16-22-9-2-4-12-24(22)28(29)18-19-30(31)32/h1-20H. The average Bonchev–Trinajstić information content (AvgIpc) is 3.32. The maximum atomic E-state index is 6.24. The van der Waals surface area contributed by atoms with Crippen molar-refractivity contribution in [3.05, 3.63) is 122 Å². The molecule has 7 aromatic rings. The van der Waals surface area contributed by atoms with E-state index in [1.165, 1.54) is 43.6 Å². The predicted octanol–water partition coefficient (Wildman–Crippen LogP) is 9.23. The molecule has 1 heteroatoms. The predicted molar refractivity (Wildman–Crippen MR) is 140 cm³/mol. The Kier molecular flexibility index (Phi) is 3.91. The van der Waals surface area contributed by atoms with Crippen LogP contribution in [0.5, 0.6) is 0 Å². The molecule has 0 amide bonds. The Bertz CT molecular complexity index is 1810. The van der Waals surface area contributed by atoms with Gasteiger partial charge in [-0.05, 0) is 55.8 Å². The van der Waals surface area contributed by atoms with Crippen LogP contribution in [0.2, 0.25) is 0 Å². The molecule has 0 radical (unpaired) electrons. The molecule has 0 atom stereocenters. The molecule has 7 rings (SSSR count). The molecule has 0 spiro atoms. The lowest BCUT2D eigenvalue weighted by atomic mass is 9.91. The quantitative estimate of drug-likeness (QED) is 0.254. The number of hydrogen-bond acceptors (Lipinski definition) is 1. The van der Waals surface area contributed by atoms with Crippen molar-refractivity contribution in [1.29, 1.82) is 0 Å². The molecule has 1 heterocycles. The average molecular weight is 421 g/mol. The Balaban J connectivity index is 1.50. The molecule has 0 fully saturated rings. The summed E-state index contributed by atoms with van der Waals surface area (Å²) in [5.74, 6) is 0. The smallest absolute Gasteiger partial charge is 0.142 e. The van der Waals surface area contributed by atoms with Crippen LogP contribution in [-0.4, -0.2) is 0 Å². The molecule has 0 unspecified atom stereocenters. The highest BCUT2D eigenvalue weighted by molar-refractivity contribution is 6.18. The summed E-state index contributed by atoms with van der Waals surface area (Å²) in [6.45, 7) is 0. The van der Waals surface area contributed by atoms with Crippen molar-refractivity contribution in [3.8, 4) is 22.3 Å². The van der Waals surface area contributed by atoms with Crippen LogP contribution in [-0.2, 0) is 0 Å². The molecular weight excluding hydrogens is 400 g/mol. The van der Waals surface area contributed by atoms with E-state index in [0.29, 0.717) is 0 Å². The third-order valence-electron chi connectivity index (χ3n) is 6.76. The van der Waals surface area contributed by atoms with Crippen LogP contribution in [0, 0.1) is 0 Å². The highest BCUT2D eigenvalue weighted by Crippen LogP contribution is 2.42. The van der Waals surface area contributed by atoms with Gasteiger partial charge >= 0.3 is 0 Å². The number of hydrogen-bond donors (Lipinski definition) is 0. The molecule has 0 bridgehead atoms. The van der Waals surface area contributed by atoms with Gasteiger partial charge in [0.1, 0.15) is 5.58 Å². The first-order valence-electron chi connectivity index (χ1n) is 11.3. The minimum Gasteiger partial charge on any atom is -0.463 e. The molecule has 0 aliphatic carbocycles. The Morgan fingerprint density at radius 3 is 1.76 bits per heavy atom. The summed E-state index contributed by atoms with van der Waals surface area (Å²) < 4.78 is 6.24. The SMILES string of the molecule is c1ccc(-c2coc3c2ccc2c4ccccc4ccc23)c(-c2cccc3ccccc23)c1. The van der Waals surface area contributed by atoms with Gasteiger partial charge < -0.3 is 4.42 Å². The van der Waals surface area contributed by atoms with Gasteiger partial charge in [0.15, 0.2) is 0 Å². The third kappa shape index (κ3) is 2.73. The van der Waals surface area contributed by atoms with Gasteiger partial charge in [-0.3, -0.25) is 0 Å². The lowest BCUT2D eigenvalue weighted by Gasteiger charge is -2.12. The van der Waals surface area contributed by atoms with Crippen molar-refractivity contribution in [1.82, 2.24) is 0 Å². The second-order valence-electron chi connectivity index (χ2n) is 8.55. The van der Waals surface area contributed by atoms with Crippen LogP contribution < -0.4 is 0 Å². The van der Waals surface area contributed by atoms with E-state index >= 15 is 0 Å². The van der Waals surface area contributed by atoms with E-state index in [-0.39, 0.29) is 0 Å². The molecule has 0 N–H and O–H groups in total. The summed E-state index contributed by atoms with van der Waals surface area (Å²) in [6, 6.07) is 41.1. The lowest BCUT2D eigenvalue weighted by Crippen LogP contribution is -1.86. The summed E-state index contributed by atoms with van der Waals surface area (Å²) in [6.07, 6.45) is 1.92. The molecule has 154 valence electrons. The molecule has 6 aromatic carbocycles. The number of furan rings is 1. The van der Waals surface area contributed by atoms with E-state index in [4.69, 9.17) is 4.42 Å². The van der Waals surface area contributed by atoms with E-state index in [0.717, 1.165) is 21.9 Å². The molecule has 33 heavy (non-hydrogen) atoms. The Morgan fingerprint density at radius 1 is 0.333 bits per heavy atom. The Labute approximate surface area is 191 Å². The Morgan fingerprint density at radius 2 is 0.909 bits per heavy atom. The summed E-state index contributed by atoms with van der Waals surface area (Å²) in [4.78, 5) is 0. The van der Waals surface area contributed by atoms with E-state index in [1.54, 1.807) is 0 Å². The second-order valence-corrected chi connectivity index (χ2v) is 8.55. The van der Waals surface area contributed by atoms with Gasteiger partial charge in [0, 0.05) is 16.3 Å². The van der Waals surface area contributed by atoms with Crippen molar-refractivity contribution in [2.24, 2.45) is 0 Å². The van der Waals surface area contributed by atoms with Gasteiger partial charge in [-0.1, -0.05) is 103 Å². The second kappa shape index (κ2) is 7.08. The van der Waals surface area contributed by atoms with Gasteiger partial charge in [-0.2, -0.15) is 0 Å². The van der Waals surface area contributed by atoms with Crippen LogP contribution >= 0.6 is 0 Å². The highest BCUT2D eigenvalue weighted by atomic mass is 16.3. The maximum Gasteiger partial charge on any atom is 0.142 e. The number of fused-ring (bicyclic) bond motifs is 6. The van der Waals surface area contributed by atoms with Crippen LogP contribution in [0.3, 0.4) is 0 Å². The van der Waals surface area contributed by atoms with Crippen LogP contribution in [0.4, 0.5) is 0 Å². The monoisotopic (exact) mass is 420 g/mol. The largest absolute Gasteiger partial charge is 0.463 e. The first-order valence-corrected chi connectivity index (χ1v) is 11.3. The van der Waals surface area contributed by atoms with Crippen molar-refractivity contribution in [3.63, 3.8) is 0 Å². The molecule has 0 aliphatic rings. The van der Waals surface area contributed by atoms with Gasteiger partial charge in [-0.15, -0.1) is 0 Å². The zero-order valence-corrected chi connectivity index (χ0v) is 18.0. The normalized spacial score (nSPS) is 11.6. The molecular formula is C32H20O. The number of benzene rings is 6. The van der Waals surface area contributed by atoms with Crippen LogP contribution in [0.15, 0.2) is 126 Å². The van der Waals surface area contributed by atoms with E-state index < -0.39 is 0 Å². The molecule has 0 aliphatic heterocycles. The summed E-state index contributed by atoms with van der Waals surface area (Å²) >= 11 is 0. The minimum atomic E-state index is 0.945. The van der Waals surface area contributed by atoms with Gasteiger partial charge in [0.05, 0.1) is 6.26 Å². The third-order valence-corrected chi connectivity index (χ3v) is 6.76. The van der Waals surface area contributed by atoms with E-state index in [1.807, 2.05) is 6.26 Å². The molecule has 0 saturated carbocycles. The number of rotatable bonds is 2. The first kappa shape index (κ1) is 18.2. The first-order chi connectivity index (χ1) is 16.4. The summed E-state index contributed by atoms with van der Waals surface area (Å²) in [5, 5.41) is 8.54. The maximum absolute atomic E-state index is 6.24. The van der Waals surface area contributed by atoms with Crippen molar-refractivity contribution in [2.75, 3.05) is 0 Å². The fourth-order valence-electron chi connectivity index (χ4n) is 5.20. The molecule has 1 nitrogen and oxygen atoms in total. The fraction of sp³-hybridized carbons (Fsp3) is 0. The highest BCUT2D eigenvalue weighted by Gasteiger charge is 2.16. The fourth-order valence-corrected chi connectivity index (χ4v) is 5.20. The zero-order valence-electron chi connectivity index (χ0n) is 18.0. The zero-order chi connectivity index (χ0) is 21.8. The minimum absolute atomic E-state index is 0.945. The van der Waals surface area contributed by atoms with Gasteiger partial charge in [0.25, 0.3) is 0 Å².